The molecular formula is C24H31N5O3. The Balaban J connectivity index is 1.32. The van der Waals surface area contributed by atoms with Crippen LogP contribution in [0.4, 0.5) is 0 Å². The minimum atomic E-state index is -0.474. The number of H-pyrrole nitrogens is 2. The van der Waals surface area contributed by atoms with Crippen molar-refractivity contribution in [3.05, 3.63) is 47.3 Å². The quantitative estimate of drug-likeness (QED) is 0.481. The van der Waals surface area contributed by atoms with E-state index in [9.17, 15) is 4.79 Å². The molecule has 0 spiro atoms. The molecule has 4 rings (SSSR count). The molecule has 2 aromatic heterocycles. The van der Waals surface area contributed by atoms with Crippen molar-refractivity contribution in [1.82, 2.24) is 25.6 Å². The summed E-state index contributed by atoms with van der Waals surface area (Å²) in [4.78, 5) is 12.1. The Labute approximate surface area is 188 Å². The molecule has 0 bridgehead atoms. The maximum atomic E-state index is 12.1. The third-order valence-electron chi connectivity index (χ3n) is 6.01. The predicted molar refractivity (Wildman–Crippen MR) is 121 cm³/mol. The van der Waals surface area contributed by atoms with E-state index in [2.05, 4.69) is 69.8 Å². The number of aromatic amines is 2. The summed E-state index contributed by atoms with van der Waals surface area (Å²) in [5.74, 6) is 0.695. The number of ether oxygens (including phenoxy) is 2. The van der Waals surface area contributed by atoms with Gasteiger partial charge in [-0.2, -0.15) is 5.10 Å². The van der Waals surface area contributed by atoms with Crippen LogP contribution in [0.15, 0.2) is 30.3 Å². The number of carbonyl (C=O) groups excluding carboxylic acids is 1. The number of nitrogens with zero attached hydrogens (tertiary/aromatic N) is 3. The molecule has 1 fully saturated rings. The third kappa shape index (κ3) is 5.00. The summed E-state index contributed by atoms with van der Waals surface area (Å²) in [5, 5.41) is 17.8. The maximum absolute atomic E-state index is 12.1. The first-order valence-electron chi connectivity index (χ1n) is 11.5. The number of carbonyl (C=O) groups is 1. The molecule has 0 atom stereocenters. The van der Waals surface area contributed by atoms with Gasteiger partial charge < -0.3 is 9.47 Å². The van der Waals surface area contributed by atoms with Crippen molar-refractivity contribution in [2.24, 2.45) is 0 Å². The molecule has 8 heteroatoms. The molecule has 1 aromatic carbocycles. The third-order valence-corrected chi connectivity index (χ3v) is 6.01. The highest BCUT2D eigenvalue weighted by molar-refractivity contribution is 5.89. The molecule has 32 heavy (non-hydrogen) atoms. The molecule has 1 aliphatic carbocycles. The van der Waals surface area contributed by atoms with Gasteiger partial charge >= 0.3 is 5.97 Å². The first-order chi connectivity index (χ1) is 15.5. The average molecular weight is 438 g/mol. The second kappa shape index (κ2) is 9.97. The van der Waals surface area contributed by atoms with Gasteiger partial charge in [0.1, 0.15) is 6.10 Å². The molecular weight excluding hydrogens is 406 g/mol. The Morgan fingerprint density at radius 3 is 2.53 bits per heavy atom. The van der Waals surface area contributed by atoms with Gasteiger partial charge in [-0.3, -0.25) is 5.10 Å². The minimum Gasteiger partial charge on any atom is -0.472 e. The molecule has 3 aromatic rings. The number of nitrogens with one attached hydrogen (secondary N) is 2. The van der Waals surface area contributed by atoms with Crippen molar-refractivity contribution in [3.63, 3.8) is 0 Å². The van der Waals surface area contributed by atoms with E-state index < -0.39 is 5.97 Å². The summed E-state index contributed by atoms with van der Waals surface area (Å²) >= 11 is 0. The Morgan fingerprint density at radius 2 is 1.88 bits per heavy atom. The zero-order chi connectivity index (χ0) is 22.5. The van der Waals surface area contributed by atoms with Crippen LogP contribution in [0.3, 0.4) is 0 Å². The topological polar surface area (TPSA) is 106 Å². The average Bonchev–Trinajstić information content (AvgIpc) is 3.48. The van der Waals surface area contributed by atoms with Gasteiger partial charge in [0, 0.05) is 11.3 Å². The van der Waals surface area contributed by atoms with Crippen molar-refractivity contribution in [1.29, 1.82) is 0 Å². The number of hydrogen-bond acceptors (Lipinski definition) is 6. The van der Waals surface area contributed by atoms with E-state index in [1.54, 1.807) is 0 Å². The molecule has 0 unspecified atom stereocenters. The first-order valence-corrected chi connectivity index (χ1v) is 11.5. The number of aromatic nitrogens is 5. The van der Waals surface area contributed by atoms with E-state index in [4.69, 9.17) is 9.47 Å². The summed E-state index contributed by atoms with van der Waals surface area (Å²) in [7, 11) is 0. The number of benzene rings is 1. The van der Waals surface area contributed by atoms with E-state index in [0.29, 0.717) is 18.4 Å². The normalized spacial score (nSPS) is 18.6. The summed E-state index contributed by atoms with van der Waals surface area (Å²) in [6.45, 7) is 6.62. The first kappa shape index (κ1) is 22.0. The van der Waals surface area contributed by atoms with E-state index in [0.717, 1.165) is 49.1 Å². The van der Waals surface area contributed by atoms with Crippen molar-refractivity contribution < 1.29 is 14.3 Å². The summed E-state index contributed by atoms with van der Waals surface area (Å²) in [6.07, 6.45) is 4.63. The van der Waals surface area contributed by atoms with Crippen LogP contribution in [-0.4, -0.2) is 44.3 Å². The van der Waals surface area contributed by atoms with E-state index >= 15 is 0 Å². The highest BCUT2D eigenvalue weighted by Crippen LogP contribution is 2.35. The number of esters is 1. The summed E-state index contributed by atoms with van der Waals surface area (Å²) in [6, 6.07) is 10.9. The lowest BCUT2D eigenvalue weighted by Gasteiger charge is -2.28. The zero-order valence-electron chi connectivity index (χ0n) is 18.9. The molecule has 2 N–H and O–H groups in total. The summed E-state index contributed by atoms with van der Waals surface area (Å²) < 4.78 is 11.2. The SMILES string of the molecule is CCCOC(=O)c1[nH]nnc1OC1CCC(c2ccc(-c3cc(C(C)C)[nH]n3)cc2)CC1. The van der Waals surface area contributed by atoms with Gasteiger partial charge in [-0.15, -0.1) is 0 Å². The van der Waals surface area contributed by atoms with Crippen LogP contribution in [0.1, 0.15) is 86.5 Å². The molecule has 1 aliphatic rings. The van der Waals surface area contributed by atoms with Gasteiger partial charge in [-0.25, -0.2) is 9.89 Å². The van der Waals surface area contributed by atoms with E-state index in [1.165, 1.54) is 5.56 Å². The van der Waals surface area contributed by atoms with Gasteiger partial charge in [0.25, 0.3) is 5.88 Å². The van der Waals surface area contributed by atoms with Crippen molar-refractivity contribution in [2.45, 2.75) is 70.8 Å². The molecule has 0 radical (unpaired) electrons. The molecule has 0 saturated heterocycles. The Kier molecular flexibility index (Phi) is 6.87. The minimum absolute atomic E-state index is 0.0202. The van der Waals surface area contributed by atoms with Gasteiger partial charge in [-0.1, -0.05) is 55.3 Å². The monoisotopic (exact) mass is 437 g/mol. The second-order valence-electron chi connectivity index (χ2n) is 8.70. The Morgan fingerprint density at radius 1 is 1.12 bits per heavy atom. The molecule has 8 nitrogen and oxygen atoms in total. The molecule has 2 heterocycles. The lowest BCUT2D eigenvalue weighted by molar-refractivity contribution is 0.0487. The van der Waals surface area contributed by atoms with E-state index in [-0.39, 0.29) is 17.7 Å². The predicted octanol–water partition coefficient (Wildman–Crippen LogP) is 4.99. The largest absolute Gasteiger partial charge is 0.472 e. The highest BCUT2D eigenvalue weighted by Gasteiger charge is 2.27. The molecule has 0 aliphatic heterocycles. The number of rotatable bonds is 8. The maximum Gasteiger partial charge on any atom is 0.362 e. The highest BCUT2D eigenvalue weighted by atomic mass is 16.5. The van der Waals surface area contributed by atoms with Gasteiger partial charge in [0.2, 0.25) is 5.69 Å². The smallest absolute Gasteiger partial charge is 0.362 e. The van der Waals surface area contributed by atoms with Crippen LogP contribution in [0.25, 0.3) is 11.3 Å². The van der Waals surface area contributed by atoms with E-state index in [1.807, 2.05) is 6.92 Å². The van der Waals surface area contributed by atoms with Crippen LogP contribution in [0.5, 0.6) is 5.88 Å². The Bertz CT molecular complexity index is 1020. The lowest BCUT2D eigenvalue weighted by atomic mass is 9.82. The fourth-order valence-corrected chi connectivity index (χ4v) is 4.08. The zero-order valence-corrected chi connectivity index (χ0v) is 18.9. The van der Waals surface area contributed by atoms with Crippen molar-refractivity contribution >= 4 is 5.97 Å². The van der Waals surface area contributed by atoms with Gasteiger partial charge in [-0.05, 0) is 55.6 Å². The fraction of sp³-hybridized carbons (Fsp3) is 0.500. The molecule has 170 valence electrons. The molecule has 0 amide bonds. The van der Waals surface area contributed by atoms with Gasteiger partial charge in [0.05, 0.1) is 12.3 Å². The van der Waals surface area contributed by atoms with Crippen LogP contribution in [-0.2, 0) is 4.74 Å². The van der Waals surface area contributed by atoms with Crippen molar-refractivity contribution in [3.8, 4) is 17.1 Å². The standard InChI is InChI=1S/C24H31N5O3/c1-4-13-31-24(30)22-23(28-29-27-22)32-19-11-9-17(10-12-19)16-5-7-18(8-6-16)21-14-20(15(2)3)25-26-21/h5-8,14-15,17,19H,4,9-13H2,1-3H3,(H,25,26)(H,27,28,29). The lowest BCUT2D eigenvalue weighted by Crippen LogP contribution is -2.24. The van der Waals surface area contributed by atoms with Crippen molar-refractivity contribution in [2.75, 3.05) is 6.61 Å². The van der Waals surface area contributed by atoms with Crippen LogP contribution < -0.4 is 4.74 Å². The Hall–Kier alpha value is -3.16. The van der Waals surface area contributed by atoms with Crippen LogP contribution in [0, 0.1) is 0 Å². The van der Waals surface area contributed by atoms with Crippen LogP contribution in [0.2, 0.25) is 0 Å². The second-order valence-corrected chi connectivity index (χ2v) is 8.70. The summed E-state index contributed by atoms with van der Waals surface area (Å²) in [5.41, 5.74) is 4.80. The molecule has 1 saturated carbocycles. The fourth-order valence-electron chi connectivity index (χ4n) is 4.08. The van der Waals surface area contributed by atoms with Gasteiger partial charge in [0.15, 0.2) is 0 Å². The number of hydrogen-bond donors (Lipinski definition) is 2. The van der Waals surface area contributed by atoms with Crippen LogP contribution >= 0.6 is 0 Å².